The molecule has 2 atom stereocenters. The highest BCUT2D eigenvalue weighted by molar-refractivity contribution is 7.80. The Labute approximate surface area is 230 Å². The van der Waals surface area contributed by atoms with Crippen LogP contribution in [-0.4, -0.2) is 44.0 Å². The first-order valence-electron chi connectivity index (χ1n) is 12.3. The average molecular weight is 543 g/mol. The van der Waals surface area contributed by atoms with Crippen LogP contribution in [0.25, 0.3) is 5.69 Å². The largest absolute Gasteiger partial charge is 0.495 e. The molecule has 0 spiro atoms. The number of nitro groups is 1. The van der Waals surface area contributed by atoms with Crippen molar-refractivity contribution in [3.8, 4) is 11.4 Å². The molecule has 5 rings (SSSR count). The molecule has 198 valence electrons. The van der Waals surface area contributed by atoms with Gasteiger partial charge >= 0.3 is 0 Å². The van der Waals surface area contributed by atoms with Gasteiger partial charge in [0.1, 0.15) is 5.75 Å². The number of nitrogens with zero attached hydrogens (tertiary/aromatic N) is 4. The predicted octanol–water partition coefficient (Wildman–Crippen LogP) is 4.79. The van der Waals surface area contributed by atoms with Crippen LogP contribution in [0.15, 0.2) is 91.3 Å². The molecule has 0 saturated carbocycles. The number of hydrogen-bond acceptors (Lipinski definition) is 6. The third-order valence-electron chi connectivity index (χ3n) is 6.58. The number of carbonyl (C=O) groups is 1. The molecule has 3 heterocycles. The van der Waals surface area contributed by atoms with Crippen LogP contribution >= 0.6 is 12.2 Å². The van der Waals surface area contributed by atoms with Crippen LogP contribution in [0.3, 0.4) is 0 Å². The van der Waals surface area contributed by atoms with E-state index in [1.165, 1.54) is 12.1 Å². The molecule has 2 unspecified atom stereocenters. The number of nitrogens with one attached hydrogen (secondary N) is 2. The molecule has 2 aromatic heterocycles. The molecule has 10 nitrogen and oxygen atoms in total. The van der Waals surface area contributed by atoms with E-state index in [1.807, 2.05) is 58.1 Å². The minimum absolute atomic E-state index is 0.0187. The highest BCUT2D eigenvalue weighted by Crippen LogP contribution is 2.39. The smallest absolute Gasteiger partial charge is 0.269 e. The Balaban J connectivity index is 1.44. The molecule has 4 aromatic rings. The number of non-ortho nitro benzene ring substituents is 1. The van der Waals surface area contributed by atoms with Crippen molar-refractivity contribution in [2.45, 2.75) is 18.5 Å². The highest BCUT2D eigenvalue weighted by atomic mass is 32.1. The molecule has 1 saturated heterocycles. The summed E-state index contributed by atoms with van der Waals surface area (Å²) in [6.07, 6.45) is 3.82. The number of hydrogen-bond donors (Lipinski definition) is 2. The lowest BCUT2D eigenvalue weighted by molar-refractivity contribution is -0.384. The number of aromatic nitrogens is 2. The van der Waals surface area contributed by atoms with Gasteiger partial charge in [-0.15, -0.1) is 0 Å². The first-order chi connectivity index (χ1) is 19.0. The van der Waals surface area contributed by atoms with Crippen molar-refractivity contribution < 1.29 is 14.5 Å². The maximum atomic E-state index is 12.9. The van der Waals surface area contributed by atoms with E-state index < -0.39 is 4.92 Å². The Morgan fingerprint density at radius 1 is 1.10 bits per heavy atom. The van der Waals surface area contributed by atoms with Gasteiger partial charge in [-0.3, -0.25) is 19.9 Å². The number of benzene rings is 2. The monoisotopic (exact) mass is 542 g/mol. The van der Waals surface area contributed by atoms with Crippen LogP contribution in [0.1, 0.15) is 29.9 Å². The Bertz CT molecular complexity index is 1490. The first kappa shape index (κ1) is 25.9. The Kier molecular flexibility index (Phi) is 7.50. The third kappa shape index (κ3) is 5.43. The normalized spacial score (nSPS) is 16.5. The first-order valence-corrected chi connectivity index (χ1v) is 12.7. The lowest BCUT2D eigenvalue weighted by Gasteiger charge is -2.29. The molecule has 1 amide bonds. The van der Waals surface area contributed by atoms with E-state index >= 15 is 0 Å². The molecular weight excluding hydrogens is 516 g/mol. The van der Waals surface area contributed by atoms with E-state index in [0.717, 1.165) is 17.1 Å². The summed E-state index contributed by atoms with van der Waals surface area (Å²) in [5, 5.41) is 18.0. The minimum atomic E-state index is -0.422. The topological polar surface area (TPSA) is 115 Å². The number of para-hydroxylation sites is 2. The number of ether oxygens (including phenoxy) is 1. The number of nitro benzene ring substituents is 1. The lowest BCUT2D eigenvalue weighted by Crippen LogP contribution is -2.33. The van der Waals surface area contributed by atoms with Crippen molar-refractivity contribution in [2.75, 3.05) is 19.0 Å². The number of anilines is 1. The molecule has 2 aromatic carbocycles. The molecule has 1 aliphatic heterocycles. The average Bonchev–Trinajstić information content (AvgIpc) is 3.57. The van der Waals surface area contributed by atoms with Gasteiger partial charge in [-0.1, -0.05) is 18.2 Å². The molecule has 0 aliphatic carbocycles. The van der Waals surface area contributed by atoms with E-state index in [0.29, 0.717) is 23.1 Å². The van der Waals surface area contributed by atoms with E-state index in [9.17, 15) is 14.9 Å². The second kappa shape index (κ2) is 11.3. The predicted molar refractivity (Wildman–Crippen MR) is 151 cm³/mol. The Hall–Kier alpha value is -4.77. The molecule has 0 radical (unpaired) electrons. The molecule has 1 aliphatic rings. The molecule has 11 heteroatoms. The van der Waals surface area contributed by atoms with Gasteiger partial charge in [-0.2, -0.15) is 0 Å². The quantitative estimate of drug-likeness (QED) is 0.176. The summed E-state index contributed by atoms with van der Waals surface area (Å²) in [7, 11) is 1.56. The van der Waals surface area contributed by atoms with Crippen LogP contribution < -0.4 is 15.4 Å². The summed E-state index contributed by atoms with van der Waals surface area (Å²) in [4.78, 5) is 30.2. The molecule has 39 heavy (non-hydrogen) atoms. The fraction of sp³-hybridized carbons (Fsp3) is 0.179. The van der Waals surface area contributed by atoms with E-state index in [2.05, 4.69) is 15.6 Å². The van der Waals surface area contributed by atoms with E-state index in [-0.39, 0.29) is 30.1 Å². The van der Waals surface area contributed by atoms with Crippen molar-refractivity contribution in [3.05, 3.63) is 113 Å². The summed E-state index contributed by atoms with van der Waals surface area (Å²) in [5.41, 5.74) is 3.10. The minimum Gasteiger partial charge on any atom is -0.495 e. The van der Waals surface area contributed by atoms with Gasteiger partial charge in [0.2, 0.25) is 5.91 Å². The summed E-state index contributed by atoms with van der Waals surface area (Å²) >= 11 is 5.75. The summed E-state index contributed by atoms with van der Waals surface area (Å²) < 4.78 is 7.32. The van der Waals surface area contributed by atoms with E-state index in [4.69, 9.17) is 17.0 Å². The summed E-state index contributed by atoms with van der Waals surface area (Å²) in [5.74, 6) is 0.409. The van der Waals surface area contributed by atoms with Gasteiger partial charge in [0.15, 0.2) is 5.11 Å². The summed E-state index contributed by atoms with van der Waals surface area (Å²) in [6.45, 7) is 0.353. The van der Waals surface area contributed by atoms with Crippen molar-refractivity contribution >= 4 is 34.6 Å². The number of carbonyl (C=O) groups excluding carboxylic acids is 1. The molecule has 0 bridgehead atoms. The molecular formula is C28H26N6O4S. The van der Waals surface area contributed by atoms with Gasteiger partial charge in [0.05, 0.1) is 35.5 Å². The lowest BCUT2D eigenvalue weighted by atomic mass is 10.0. The number of amides is 1. The fourth-order valence-electron chi connectivity index (χ4n) is 4.76. The van der Waals surface area contributed by atoms with Gasteiger partial charge in [0.25, 0.3) is 5.69 Å². The van der Waals surface area contributed by atoms with Crippen LogP contribution in [0.5, 0.6) is 5.75 Å². The maximum Gasteiger partial charge on any atom is 0.269 e. The van der Waals surface area contributed by atoms with Gasteiger partial charge < -0.3 is 24.8 Å². The zero-order chi connectivity index (χ0) is 27.4. The highest BCUT2D eigenvalue weighted by Gasteiger charge is 2.41. The van der Waals surface area contributed by atoms with E-state index in [1.54, 1.807) is 37.6 Å². The van der Waals surface area contributed by atoms with Crippen LogP contribution in [0.2, 0.25) is 0 Å². The van der Waals surface area contributed by atoms with Crippen LogP contribution in [0, 0.1) is 10.1 Å². The van der Waals surface area contributed by atoms with Gasteiger partial charge in [0, 0.05) is 48.9 Å². The SMILES string of the molecule is COc1ccccc1NC(=O)CCN1C(=S)NC(c2ccccn2)C1c1cccn1-c1ccc([N+](=O)[O-])cc1. The summed E-state index contributed by atoms with van der Waals surface area (Å²) in [6, 6.07) is 22.7. The van der Waals surface area contributed by atoms with Crippen molar-refractivity contribution in [3.63, 3.8) is 0 Å². The second-order valence-electron chi connectivity index (χ2n) is 8.90. The van der Waals surface area contributed by atoms with Gasteiger partial charge in [-0.05, 0) is 60.7 Å². The second-order valence-corrected chi connectivity index (χ2v) is 9.28. The van der Waals surface area contributed by atoms with Crippen molar-refractivity contribution in [1.29, 1.82) is 0 Å². The fourth-order valence-corrected chi connectivity index (χ4v) is 5.09. The van der Waals surface area contributed by atoms with Crippen LogP contribution in [-0.2, 0) is 4.79 Å². The zero-order valence-electron chi connectivity index (χ0n) is 21.1. The Morgan fingerprint density at radius 3 is 2.59 bits per heavy atom. The number of pyridine rings is 1. The molecule has 2 N–H and O–H groups in total. The number of thiocarbonyl (C=S) groups is 1. The zero-order valence-corrected chi connectivity index (χ0v) is 21.9. The number of rotatable bonds is 9. The molecule has 1 fully saturated rings. The van der Waals surface area contributed by atoms with Gasteiger partial charge in [-0.25, -0.2) is 0 Å². The van der Waals surface area contributed by atoms with Crippen LogP contribution in [0.4, 0.5) is 11.4 Å². The number of methoxy groups -OCH3 is 1. The standard InChI is InChI=1S/C28H26N6O4S/c1-38-24-10-3-2-7-21(24)30-25(35)15-18-33-27(26(31-28(33)39)22-8-4-5-16-29-22)23-9-6-17-32(23)19-11-13-20(14-12-19)34(36)37/h2-14,16-17,26-27H,15,18H2,1H3,(H,30,35)(H,31,39). The third-order valence-corrected chi connectivity index (χ3v) is 6.93. The van der Waals surface area contributed by atoms with Crippen molar-refractivity contribution in [2.24, 2.45) is 0 Å². The Morgan fingerprint density at radius 2 is 1.87 bits per heavy atom. The maximum absolute atomic E-state index is 12.9. The van der Waals surface area contributed by atoms with Crippen molar-refractivity contribution in [1.82, 2.24) is 19.8 Å².